The Balaban J connectivity index is 1.52. The van der Waals surface area contributed by atoms with Crippen molar-refractivity contribution in [3.8, 4) is 45.6 Å². The number of H-pyrrole nitrogens is 2. The summed E-state index contributed by atoms with van der Waals surface area (Å²) in [5, 5.41) is 4.01. The van der Waals surface area contributed by atoms with Crippen LogP contribution in [-0.2, 0) is 0 Å². The molecule has 3 aromatic heterocycles. The summed E-state index contributed by atoms with van der Waals surface area (Å²) in [5.74, 6) is 2.45. The second kappa shape index (κ2) is 8.58. The van der Waals surface area contributed by atoms with E-state index in [0.717, 1.165) is 55.1 Å². The van der Waals surface area contributed by atoms with Gasteiger partial charge in [-0.25, -0.2) is 0 Å². The second-order valence-corrected chi connectivity index (χ2v) is 12.4. The van der Waals surface area contributed by atoms with Crippen LogP contribution in [0.2, 0.25) is 0 Å². The van der Waals surface area contributed by atoms with Crippen LogP contribution in [0.5, 0.6) is 0 Å². The van der Waals surface area contributed by atoms with Crippen LogP contribution >= 0.6 is 0 Å². The van der Waals surface area contributed by atoms with E-state index in [1.54, 1.807) is 0 Å². The Hall–Kier alpha value is -4.84. The van der Waals surface area contributed by atoms with E-state index in [9.17, 15) is 0 Å². The molecule has 9 heteroatoms. The molecule has 4 aromatic carbocycles. The average Bonchev–Trinajstić information content (AvgIpc) is 3.73. The van der Waals surface area contributed by atoms with Crippen LogP contribution in [0, 0.1) is 0 Å². The molecule has 0 amide bonds. The minimum atomic E-state index is 0.606. The standard InChI is InChI=1S/C32H17N8.Pb.H/c1-2-10-18-17(9-1)25-33-26(18)38-28-21-13-5-6-14-22(21)30(35-28)40-32-24-16-8-7-15-23(24)31(36-32)39-29-20-12-4-3-11-19(20)27(34-29)37-25;;/h1-15H,(H2,33,34,35,36,37,38,39,40);;. The van der Waals surface area contributed by atoms with E-state index in [2.05, 4.69) is 28.2 Å². The molecule has 2 aliphatic rings. The van der Waals surface area contributed by atoms with Gasteiger partial charge in [-0.2, -0.15) is 0 Å². The summed E-state index contributed by atoms with van der Waals surface area (Å²) >= 11 is 0.615. The van der Waals surface area contributed by atoms with Crippen LogP contribution in [-0.4, -0.2) is 65.6 Å². The Bertz CT molecular complexity index is 2400. The van der Waals surface area contributed by atoms with Gasteiger partial charge in [0.2, 0.25) is 0 Å². The van der Waals surface area contributed by atoms with Crippen molar-refractivity contribution in [3.05, 3.63) is 91.0 Å². The first-order chi connectivity index (χ1) is 20.2. The van der Waals surface area contributed by atoms with E-state index >= 15 is 0 Å². The van der Waals surface area contributed by atoms with Gasteiger partial charge in [0, 0.05) is 0 Å². The summed E-state index contributed by atoms with van der Waals surface area (Å²) in [6.45, 7) is 0. The zero-order valence-electron chi connectivity index (χ0n) is 21.4. The maximum absolute atomic E-state index is 5.10. The predicted molar refractivity (Wildman–Crippen MR) is 163 cm³/mol. The van der Waals surface area contributed by atoms with Crippen LogP contribution in [0.3, 0.4) is 0 Å². The summed E-state index contributed by atoms with van der Waals surface area (Å²) in [6.07, 6.45) is 0. The van der Waals surface area contributed by atoms with E-state index in [4.69, 9.17) is 29.9 Å². The first-order valence-corrected chi connectivity index (χ1v) is 15.4. The van der Waals surface area contributed by atoms with Crippen molar-refractivity contribution in [2.45, 2.75) is 0 Å². The number of rotatable bonds is 0. The number of fused-ring (bicyclic) bond motifs is 20. The fourth-order valence-electron chi connectivity index (χ4n) is 5.72. The van der Waals surface area contributed by atoms with Crippen molar-refractivity contribution in [2.24, 2.45) is 0 Å². The van der Waals surface area contributed by atoms with Crippen molar-refractivity contribution in [1.29, 1.82) is 0 Å². The first-order valence-electron chi connectivity index (χ1n) is 13.2. The molecule has 0 spiro atoms. The van der Waals surface area contributed by atoms with Crippen molar-refractivity contribution in [2.75, 3.05) is 0 Å². The van der Waals surface area contributed by atoms with Crippen LogP contribution in [0.15, 0.2) is 91.0 Å². The molecular formula is C32H18N8Pb. The van der Waals surface area contributed by atoms with E-state index in [1.807, 2.05) is 72.8 Å². The Labute approximate surface area is 248 Å². The number of hydrogen-bond acceptors (Lipinski definition) is 6. The Kier molecular flexibility index (Phi) is 4.80. The van der Waals surface area contributed by atoms with Crippen LogP contribution in [0.4, 0.5) is 0 Å². The van der Waals surface area contributed by atoms with Crippen molar-refractivity contribution in [3.63, 3.8) is 0 Å². The van der Waals surface area contributed by atoms with Gasteiger partial charge in [-0.05, 0) is 0 Å². The number of nitrogens with one attached hydrogen (secondary N) is 2. The molecule has 2 N–H and O–H groups in total. The van der Waals surface area contributed by atoms with Gasteiger partial charge >= 0.3 is 243 Å². The zero-order valence-corrected chi connectivity index (χ0v) is 25.9. The molecule has 8 nitrogen and oxygen atoms in total. The van der Waals surface area contributed by atoms with Crippen molar-refractivity contribution < 1.29 is 0 Å². The van der Waals surface area contributed by atoms with Crippen LogP contribution < -0.4 is 3.12 Å². The fraction of sp³-hybridized carbons (Fsp3) is 0. The number of hydrogen-bond donors (Lipinski definition) is 2. The quantitative estimate of drug-likeness (QED) is 0.203. The van der Waals surface area contributed by atoms with Gasteiger partial charge in [-0.15, -0.1) is 0 Å². The summed E-state index contributed by atoms with van der Waals surface area (Å²) in [7, 11) is 0. The normalized spacial score (nSPS) is 12.0. The average molecular weight is 722 g/mol. The summed E-state index contributed by atoms with van der Waals surface area (Å²) in [6, 6.07) is 30.6. The third kappa shape index (κ3) is 3.43. The number of aromatic nitrogens is 8. The van der Waals surface area contributed by atoms with Gasteiger partial charge < -0.3 is 0 Å². The molecule has 0 atom stereocenters. The molecule has 41 heavy (non-hydrogen) atoms. The molecule has 2 radical (unpaired) electrons. The summed E-state index contributed by atoms with van der Waals surface area (Å²) in [5.41, 5.74) is 6.60. The minimum absolute atomic E-state index is 0.606. The molecule has 190 valence electrons. The van der Waals surface area contributed by atoms with Crippen molar-refractivity contribution >= 4 is 73.0 Å². The summed E-state index contributed by atoms with van der Waals surface area (Å²) < 4.78 is 1.26. The third-order valence-corrected chi connectivity index (χ3v) is 9.48. The Morgan fingerprint density at radius 3 is 1.29 bits per heavy atom. The van der Waals surface area contributed by atoms with E-state index in [1.165, 1.54) is 3.12 Å². The molecular weight excluding hydrogens is 704 g/mol. The van der Waals surface area contributed by atoms with Gasteiger partial charge in [-0.1, -0.05) is 6.07 Å². The van der Waals surface area contributed by atoms with Crippen molar-refractivity contribution in [1.82, 2.24) is 39.9 Å². The zero-order chi connectivity index (χ0) is 27.1. The number of aromatic amines is 2. The summed E-state index contributed by atoms with van der Waals surface area (Å²) in [4.78, 5) is 37.1. The Morgan fingerprint density at radius 1 is 0.390 bits per heavy atom. The number of nitrogens with zero attached hydrogens (tertiary/aromatic N) is 6. The maximum atomic E-state index is 5.10. The number of benzene rings is 4. The van der Waals surface area contributed by atoms with E-state index in [-0.39, 0.29) is 0 Å². The Morgan fingerprint density at radius 2 is 0.780 bits per heavy atom. The molecule has 0 aliphatic carbocycles. The topological polar surface area (TPSA) is 109 Å². The van der Waals surface area contributed by atoms with Gasteiger partial charge in [-0.3, -0.25) is 0 Å². The molecule has 5 heterocycles. The van der Waals surface area contributed by atoms with Gasteiger partial charge in [0.05, 0.1) is 0 Å². The van der Waals surface area contributed by atoms with Gasteiger partial charge in [0.25, 0.3) is 0 Å². The van der Waals surface area contributed by atoms with Gasteiger partial charge in [0.1, 0.15) is 0 Å². The van der Waals surface area contributed by atoms with Crippen LogP contribution in [0.1, 0.15) is 0 Å². The fourth-order valence-corrected chi connectivity index (χ4v) is 7.29. The monoisotopic (exact) mass is 722 g/mol. The predicted octanol–water partition coefficient (Wildman–Crippen LogP) is 5.40. The third-order valence-electron chi connectivity index (χ3n) is 7.61. The second-order valence-electron chi connectivity index (χ2n) is 10.0. The molecule has 8 bridgehead atoms. The van der Waals surface area contributed by atoms with E-state index in [0.29, 0.717) is 60.4 Å². The molecule has 2 aliphatic heterocycles. The molecule has 0 unspecified atom stereocenters. The molecule has 9 rings (SSSR count). The first kappa shape index (κ1) is 22.9. The van der Waals surface area contributed by atoms with Crippen LogP contribution in [0.25, 0.3) is 89.7 Å². The van der Waals surface area contributed by atoms with Gasteiger partial charge in [0.15, 0.2) is 0 Å². The SMILES string of the molecule is [PbH][c]1cccc2c3nc4nc(nc5[nH]c(nc6nc(nc([nH]3)c12)-c1ccccc1-6)c1ccccc51)-c1ccccc1-4. The molecule has 0 fully saturated rings. The molecule has 0 saturated heterocycles. The molecule has 0 saturated carbocycles. The molecule has 7 aromatic rings. The van der Waals surface area contributed by atoms with E-state index < -0.39 is 0 Å².